The lowest BCUT2D eigenvalue weighted by Crippen LogP contribution is -2.19. The number of ether oxygens (including phenoxy) is 1. The van der Waals surface area contributed by atoms with Crippen molar-refractivity contribution < 1.29 is 9.15 Å². The fraction of sp³-hybridized carbons (Fsp3) is 0.250. The van der Waals surface area contributed by atoms with Crippen LogP contribution < -0.4 is 21.3 Å². The zero-order valence-electron chi connectivity index (χ0n) is 20.4. The summed E-state index contributed by atoms with van der Waals surface area (Å²) in [6, 6.07) is 12.1. The second-order valence-corrected chi connectivity index (χ2v) is 9.78. The minimum atomic E-state index is -0.295. The summed E-state index contributed by atoms with van der Waals surface area (Å²) in [6.07, 6.45) is 4.12. The van der Waals surface area contributed by atoms with E-state index < -0.39 is 0 Å². The highest BCUT2D eigenvalue weighted by Gasteiger charge is 2.27. The number of fused-ring (bicyclic) bond motifs is 5. The van der Waals surface area contributed by atoms with Crippen LogP contribution in [-0.4, -0.2) is 26.4 Å². The van der Waals surface area contributed by atoms with Crippen LogP contribution in [0.3, 0.4) is 0 Å². The van der Waals surface area contributed by atoms with Crippen LogP contribution >= 0.6 is 0 Å². The van der Waals surface area contributed by atoms with E-state index in [0.717, 1.165) is 31.1 Å². The number of rotatable bonds is 3. The van der Waals surface area contributed by atoms with Gasteiger partial charge in [0.2, 0.25) is 0 Å². The van der Waals surface area contributed by atoms with Crippen molar-refractivity contribution in [2.75, 3.05) is 7.11 Å². The van der Waals surface area contributed by atoms with Crippen LogP contribution in [0.4, 0.5) is 0 Å². The molecule has 0 unspecified atom stereocenters. The first-order valence-electron chi connectivity index (χ1n) is 12.4. The molecule has 4 aromatic heterocycles. The summed E-state index contributed by atoms with van der Waals surface area (Å²) >= 11 is 0. The van der Waals surface area contributed by atoms with E-state index in [1.54, 1.807) is 30.9 Å². The third-order valence-corrected chi connectivity index (χ3v) is 7.70. The van der Waals surface area contributed by atoms with E-state index >= 15 is 0 Å². The minimum Gasteiger partial charge on any atom is -0.497 e. The lowest BCUT2D eigenvalue weighted by molar-refractivity contribution is 0.415. The normalized spacial score (nSPS) is 14.5. The van der Waals surface area contributed by atoms with Gasteiger partial charge in [-0.1, -0.05) is 12.8 Å². The molecular weight excluding hydrogens is 472 g/mol. The molecule has 186 valence electrons. The van der Waals surface area contributed by atoms with E-state index in [9.17, 15) is 14.4 Å². The van der Waals surface area contributed by atoms with Gasteiger partial charge < -0.3 is 18.7 Å². The Labute approximate surface area is 208 Å². The highest BCUT2D eigenvalue weighted by Crippen LogP contribution is 2.39. The number of furan rings is 1. The maximum atomic E-state index is 13.8. The first-order chi connectivity index (χ1) is 17.9. The van der Waals surface area contributed by atoms with E-state index in [1.807, 2.05) is 22.9 Å². The van der Waals surface area contributed by atoms with Crippen molar-refractivity contribution in [3.63, 3.8) is 0 Å². The number of pyridine rings is 2. The maximum Gasteiger partial charge on any atom is 0.274 e. The molecule has 1 aliphatic rings. The average Bonchev–Trinajstić information content (AvgIpc) is 3.62. The second kappa shape index (κ2) is 7.73. The summed E-state index contributed by atoms with van der Waals surface area (Å²) in [6.45, 7) is 0. The second-order valence-electron chi connectivity index (χ2n) is 9.78. The average molecular weight is 497 g/mol. The summed E-state index contributed by atoms with van der Waals surface area (Å²) in [7, 11) is 3.28. The molecule has 0 atom stereocenters. The monoisotopic (exact) mass is 496 g/mol. The van der Waals surface area contributed by atoms with Crippen molar-refractivity contribution in [2.24, 2.45) is 7.05 Å². The summed E-state index contributed by atoms with van der Waals surface area (Å²) in [4.78, 5) is 42.8. The van der Waals surface area contributed by atoms with Gasteiger partial charge in [-0.2, -0.15) is 0 Å². The number of nitrogens with one attached hydrogen (secondary N) is 2. The number of aromatic amines is 2. The van der Waals surface area contributed by atoms with Crippen LogP contribution in [0.5, 0.6) is 5.75 Å². The molecule has 7 rings (SSSR count). The third kappa shape index (κ3) is 3.06. The van der Waals surface area contributed by atoms with Crippen LogP contribution in [0.1, 0.15) is 31.7 Å². The summed E-state index contributed by atoms with van der Waals surface area (Å²) in [5, 5.41) is 4.92. The number of benzene rings is 2. The smallest absolute Gasteiger partial charge is 0.274 e. The first-order valence-corrected chi connectivity index (χ1v) is 12.4. The topological polar surface area (TPSA) is 115 Å². The first kappa shape index (κ1) is 21.7. The van der Waals surface area contributed by atoms with Crippen molar-refractivity contribution in [3.8, 4) is 16.9 Å². The van der Waals surface area contributed by atoms with E-state index in [-0.39, 0.29) is 22.6 Å². The number of aryl methyl sites for hydroxylation is 1. The van der Waals surface area contributed by atoms with Gasteiger partial charge in [-0.05, 0) is 48.6 Å². The molecule has 0 radical (unpaired) electrons. The van der Waals surface area contributed by atoms with Crippen molar-refractivity contribution in [1.29, 1.82) is 0 Å². The Balaban J connectivity index is 1.67. The van der Waals surface area contributed by atoms with E-state index in [4.69, 9.17) is 9.15 Å². The Hall–Kier alpha value is -4.53. The molecule has 1 saturated carbocycles. The van der Waals surface area contributed by atoms with Gasteiger partial charge in [-0.15, -0.1) is 0 Å². The summed E-state index contributed by atoms with van der Waals surface area (Å²) in [5.74, 6) is 0.644. The largest absolute Gasteiger partial charge is 0.497 e. The predicted octanol–water partition coefficient (Wildman–Crippen LogP) is 4.56. The molecule has 1 fully saturated rings. The molecule has 2 N–H and O–H groups in total. The number of methoxy groups -OCH3 is 1. The molecule has 37 heavy (non-hydrogen) atoms. The molecule has 2 aromatic carbocycles. The summed E-state index contributed by atoms with van der Waals surface area (Å²) < 4.78 is 15.0. The number of hydrogen-bond donors (Lipinski definition) is 2. The van der Waals surface area contributed by atoms with E-state index in [0.29, 0.717) is 55.5 Å². The quantitative estimate of drug-likeness (QED) is 0.373. The van der Waals surface area contributed by atoms with Gasteiger partial charge in [-0.3, -0.25) is 24.2 Å². The van der Waals surface area contributed by atoms with Gasteiger partial charge in [0.25, 0.3) is 11.1 Å². The Morgan fingerprint density at radius 2 is 1.84 bits per heavy atom. The molecular formula is C28H24N4O5. The van der Waals surface area contributed by atoms with E-state index in [2.05, 4.69) is 10.1 Å². The highest BCUT2D eigenvalue weighted by atomic mass is 16.5. The molecule has 0 saturated heterocycles. The Bertz CT molecular complexity index is 2060. The van der Waals surface area contributed by atoms with Gasteiger partial charge in [0.15, 0.2) is 11.0 Å². The Morgan fingerprint density at radius 1 is 1.03 bits per heavy atom. The van der Waals surface area contributed by atoms with E-state index in [1.165, 1.54) is 12.1 Å². The van der Waals surface area contributed by atoms with Gasteiger partial charge in [0.05, 0.1) is 35.1 Å². The Morgan fingerprint density at radius 3 is 2.62 bits per heavy atom. The van der Waals surface area contributed by atoms with Crippen molar-refractivity contribution in [2.45, 2.75) is 31.7 Å². The van der Waals surface area contributed by atoms with Crippen molar-refractivity contribution in [3.05, 3.63) is 73.4 Å². The molecule has 0 spiro atoms. The SMILES string of the molecule is COc1ccc2cc(-c3c4oc5cc(=O)ccc5c4[nH]c4c3c(=O)[nH]n4C3CCCC3)c(=O)n(C)c2c1. The zero-order valence-corrected chi connectivity index (χ0v) is 20.4. The Kier molecular flexibility index (Phi) is 4.54. The van der Waals surface area contributed by atoms with Gasteiger partial charge in [-0.25, -0.2) is 0 Å². The standard InChI is InChI=1S/C28H24N4O5/c1-31-20-13-17(36-2)9-7-14(20)11-19(28(31)35)22-23-26(32(30-27(23)34)15-5-3-4-6-15)29-24-18-10-8-16(33)12-21(18)37-25(22)24/h7-13,15,29H,3-6H2,1-2H3,(H,30,34). The van der Waals surface area contributed by atoms with Crippen LogP contribution in [0.2, 0.25) is 0 Å². The fourth-order valence-electron chi connectivity index (χ4n) is 5.86. The summed E-state index contributed by atoms with van der Waals surface area (Å²) in [5.41, 5.74) is 2.76. The molecule has 9 nitrogen and oxygen atoms in total. The molecule has 9 heteroatoms. The van der Waals surface area contributed by atoms with Gasteiger partial charge >= 0.3 is 0 Å². The molecule has 6 aromatic rings. The third-order valence-electron chi connectivity index (χ3n) is 7.70. The lowest BCUT2D eigenvalue weighted by atomic mass is 10.0. The van der Waals surface area contributed by atoms with Crippen LogP contribution in [0.15, 0.2) is 61.3 Å². The van der Waals surface area contributed by atoms with Gasteiger partial charge in [0, 0.05) is 30.1 Å². The molecule has 0 aliphatic heterocycles. The number of H-pyrrole nitrogens is 2. The molecule has 1 aliphatic carbocycles. The molecule has 0 amide bonds. The number of nitrogens with zero attached hydrogens (tertiary/aromatic N) is 2. The molecule has 0 bridgehead atoms. The highest BCUT2D eigenvalue weighted by molar-refractivity contribution is 6.14. The van der Waals surface area contributed by atoms with Crippen molar-refractivity contribution in [1.82, 2.24) is 19.3 Å². The predicted molar refractivity (Wildman–Crippen MR) is 143 cm³/mol. The molecule has 4 heterocycles. The fourth-order valence-corrected chi connectivity index (χ4v) is 5.86. The van der Waals surface area contributed by atoms with Crippen LogP contribution in [0, 0.1) is 0 Å². The number of hydrogen-bond acceptors (Lipinski definition) is 5. The van der Waals surface area contributed by atoms with Crippen molar-refractivity contribution >= 4 is 44.0 Å². The van der Waals surface area contributed by atoms with Crippen LogP contribution in [-0.2, 0) is 7.05 Å². The zero-order chi connectivity index (χ0) is 25.4. The minimum absolute atomic E-state index is 0.157. The lowest BCUT2D eigenvalue weighted by Gasteiger charge is -2.14. The number of aromatic nitrogens is 4. The maximum absolute atomic E-state index is 13.8. The van der Waals surface area contributed by atoms with Crippen LogP contribution in [0.25, 0.3) is 55.1 Å². The van der Waals surface area contributed by atoms with Gasteiger partial charge in [0.1, 0.15) is 17.0 Å².